The minimum absolute atomic E-state index is 0.111. The number of hydrogen-bond acceptors (Lipinski definition) is 4. The first-order valence-corrected chi connectivity index (χ1v) is 9.17. The molecule has 1 aliphatic rings. The smallest absolute Gasteiger partial charge is 0.296 e. The van der Waals surface area contributed by atoms with E-state index in [-0.39, 0.29) is 18.1 Å². The van der Waals surface area contributed by atoms with E-state index in [0.717, 1.165) is 11.1 Å². The Morgan fingerprint density at radius 3 is 2.59 bits per heavy atom. The quantitative estimate of drug-likeness (QED) is 0.716. The van der Waals surface area contributed by atoms with E-state index in [9.17, 15) is 19.1 Å². The number of benzene rings is 2. The van der Waals surface area contributed by atoms with Crippen molar-refractivity contribution in [3.8, 4) is 5.75 Å². The Kier molecular flexibility index (Phi) is 4.95. The van der Waals surface area contributed by atoms with Gasteiger partial charge in [-0.3, -0.25) is 14.2 Å². The monoisotopic (exact) mass is 391 g/mol. The number of aromatic nitrogens is 2. The highest BCUT2D eigenvalue weighted by atomic mass is 19.1. The standard InChI is InChI=1S/C22H18FN3O3/c23-16-10-8-14(9-11-16)13-24-21(28)18-19(27)22(29)26-12-4-7-17(20(26)25-18)15-5-2-1-3-6-15/h1-3,5-11,27H,4,12-13H2,(H,24,28). The Hall–Kier alpha value is -3.74. The van der Waals surface area contributed by atoms with Gasteiger partial charge in [0.05, 0.1) is 0 Å². The Morgan fingerprint density at radius 1 is 1.14 bits per heavy atom. The summed E-state index contributed by atoms with van der Waals surface area (Å²) in [6, 6.07) is 15.1. The summed E-state index contributed by atoms with van der Waals surface area (Å²) in [5.74, 6) is -1.38. The number of fused-ring (bicyclic) bond motifs is 1. The molecule has 2 aromatic carbocycles. The molecule has 3 aromatic rings. The Morgan fingerprint density at radius 2 is 1.86 bits per heavy atom. The molecule has 0 atom stereocenters. The molecule has 2 N–H and O–H groups in total. The maximum absolute atomic E-state index is 13.0. The van der Waals surface area contributed by atoms with Crippen molar-refractivity contribution < 1.29 is 14.3 Å². The van der Waals surface area contributed by atoms with E-state index < -0.39 is 17.2 Å². The Balaban J connectivity index is 1.67. The SMILES string of the molecule is O=C(NCc1ccc(F)cc1)c1nc2n(c(=O)c1O)CCC=C2c1ccccc1. The van der Waals surface area contributed by atoms with Crippen LogP contribution >= 0.6 is 0 Å². The number of carbonyl (C=O) groups is 1. The van der Waals surface area contributed by atoms with Gasteiger partial charge in [-0.25, -0.2) is 9.37 Å². The number of allylic oxidation sites excluding steroid dienone is 1. The molecule has 0 radical (unpaired) electrons. The normalized spacial score (nSPS) is 12.8. The minimum atomic E-state index is -0.681. The fourth-order valence-electron chi connectivity index (χ4n) is 3.28. The van der Waals surface area contributed by atoms with Gasteiger partial charge in [0.25, 0.3) is 11.5 Å². The topological polar surface area (TPSA) is 84.2 Å². The number of halogens is 1. The fourth-order valence-corrected chi connectivity index (χ4v) is 3.28. The van der Waals surface area contributed by atoms with Crippen molar-refractivity contribution in [1.82, 2.24) is 14.9 Å². The molecule has 0 fully saturated rings. The number of aromatic hydroxyl groups is 1. The van der Waals surface area contributed by atoms with Gasteiger partial charge < -0.3 is 10.4 Å². The van der Waals surface area contributed by atoms with Crippen molar-refractivity contribution in [2.45, 2.75) is 19.5 Å². The molecule has 2 heterocycles. The summed E-state index contributed by atoms with van der Waals surface area (Å²) in [6.07, 6.45) is 2.59. The molecule has 1 amide bonds. The van der Waals surface area contributed by atoms with Crippen molar-refractivity contribution in [2.24, 2.45) is 0 Å². The third-order valence-corrected chi connectivity index (χ3v) is 4.75. The van der Waals surface area contributed by atoms with Crippen molar-refractivity contribution in [1.29, 1.82) is 0 Å². The predicted molar refractivity (Wildman–Crippen MR) is 106 cm³/mol. The fraction of sp³-hybridized carbons (Fsp3) is 0.136. The van der Waals surface area contributed by atoms with Crippen LogP contribution in [-0.4, -0.2) is 20.6 Å². The summed E-state index contributed by atoms with van der Waals surface area (Å²) >= 11 is 0. The second kappa shape index (κ2) is 7.71. The third-order valence-electron chi connectivity index (χ3n) is 4.75. The summed E-state index contributed by atoms with van der Waals surface area (Å²) in [5, 5.41) is 12.9. The molecule has 1 aliphatic heterocycles. The first-order valence-electron chi connectivity index (χ1n) is 9.17. The van der Waals surface area contributed by atoms with Gasteiger partial charge in [0, 0.05) is 18.7 Å². The summed E-state index contributed by atoms with van der Waals surface area (Å²) in [4.78, 5) is 29.6. The Bertz CT molecular complexity index is 1150. The Labute approximate surface area is 166 Å². The molecule has 0 saturated heterocycles. The molecule has 0 bridgehead atoms. The van der Waals surface area contributed by atoms with Crippen LogP contribution in [0.15, 0.2) is 65.5 Å². The average molecular weight is 391 g/mol. The van der Waals surface area contributed by atoms with Gasteiger partial charge in [0.1, 0.15) is 11.6 Å². The third kappa shape index (κ3) is 3.67. The van der Waals surface area contributed by atoms with E-state index in [0.29, 0.717) is 24.4 Å². The first-order chi connectivity index (χ1) is 14.0. The van der Waals surface area contributed by atoms with Crippen molar-refractivity contribution >= 4 is 11.5 Å². The van der Waals surface area contributed by atoms with Crippen LogP contribution in [0.2, 0.25) is 0 Å². The van der Waals surface area contributed by atoms with E-state index in [4.69, 9.17) is 0 Å². The highest BCUT2D eigenvalue weighted by molar-refractivity contribution is 5.95. The summed E-state index contributed by atoms with van der Waals surface area (Å²) in [6.45, 7) is 0.489. The molecule has 7 heteroatoms. The zero-order valence-electron chi connectivity index (χ0n) is 15.4. The molecule has 4 rings (SSSR count). The van der Waals surface area contributed by atoms with Gasteiger partial charge in [-0.1, -0.05) is 48.5 Å². The highest BCUT2D eigenvalue weighted by Crippen LogP contribution is 2.27. The second-order valence-electron chi connectivity index (χ2n) is 6.67. The lowest BCUT2D eigenvalue weighted by atomic mass is 10.0. The van der Waals surface area contributed by atoms with Gasteiger partial charge in [-0.15, -0.1) is 0 Å². The lowest BCUT2D eigenvalue weighted by Crippen LogP contribution is -2.32. The summed E-state index contributed by atoms with van der Waals surface area (Å²) in [7, 11) is 0. The predicted octanol–water partition coefficient (Wildman–Crippen LogP) is 2.85. The van der Waals surface area contributed by atoms with Gasteiger partial charge in [0.2, 0.25) is 5.75 Å². The average Bonchev–Trinajstić information content (AvgIpc) is 2.76. The van der Waals surface area contributed by atoms with E-state index in [1.807, 2.05) is 36.4 Å². The van der Waals surface area contributed by atoms with Crippen LogP contribution in [0.3, 0.4) is 0 Å². The second-order valence-corrected chi connectivity index (χ2v) is 6.67. The highest BCUT2D eigenvalue weighted by Gasteiger charge is 2.25. The molecule has 0 unspecified atom stereocenters. The van der Waals surface area contributed by atoms with E-state index in [2.05, 4.69) is 10.3 Å². The molecular formula is C22H18FN3O3. The largest absolute Gasteiger partial charge is 0.501 e. The van der Waals surface area contributed by atoms with Crippen molar-refractivity contribution in [3.05, 3.63) is 99.5 Å². The molecule has 0 spiro atoms. The summed E-state index contributed by atoms with van der Waals surface area (Å²) in [5.41, 5.74) is 1.31. The number of hydrogen-bond donors (Lipinski definition) is 2. The van der Waals surface area contributed by atoms with E-state index >= 15 is 0 Å². The zero-order valence-corrected chi connectivity index (χ0v) is 15.4. The lowest BCUT2D eigenvalue weighted by molar-refractivity contribution is 0.0942. The van der Waals surface area contributed by atoms with Gasteiger partial charge in [-0.05, 0) is 29.7 Å². The van der Waals surface area contributed by atoms with E-state index in [1.165, 1.54) is 16.7 Å². The summed E-state index contributed by atoms with van der Waals surface area (Å²) < 4.78 is 14.4. The van der Waals surface area contributed by atoms with E-state index in [1.54, 1.807) is 12.1 Å². The van der Waals surface area contributed by atoms with Crippen LogP contribution in [0, 0.1) is 5.82 Å². The zero-order chi connectivity index (χ0) is 20.4. The van der Waals surface area contributed by atoms with Crippen LogP contribution in [0.4, 0.5) is 4.39 Å². The van der Waals surface area contributed by atoms with Crippen LogP contribution in [0.5, 0.6) is 5.75 Å². The van der Waals surface area contributed by atoms with Crippen LogP contribution in [0.1, 0.15) is 33.9 Å². The molecule has 0 saturated carbocycles. The maximum atomic E-state index is 13.0. The van der Waals surface area contributed by atoms with Crippen molar-refractivity contribution in [3.63, 3.8) is 0 Å². The number of nitrogens with zero attached hydrogens (tertiary/aromatic N) is 2. The maximum Gasteiger partial charge on any atom is 0.296 e. The molecular weight excluding hydrogens is 373 g/mol. The first kappa shape index (κ1) is 18.6. The number of amides is 1. The van der Waals surface area contributed by atoms with Gasteiger partial charge in [-0.2, -0.15) is 0 Å². The van der Waals surface area contributed by atoms with Gasteiger partial charge in [0.15, 0.2) is 5.69 Å². The number of rotatable bonds is 4. The molecule has 1 aromatic heterocycles. The van der Waals surface area contributed by atoms with Crippen LogP contribution in [-0.2, 0) is 13.1 Å². The molecule has 29 heavy (non-hydrogen) atoms. The van der Waals surface area contributed by atoms with Crippen LogP contribution < -0.4 is 10.9 Å². The molecule has 6 nitrogen and oxygen atoms in total. The lowest BCUT2D eigenvalue weighted by Gasteiger charge is -2.20. The van der Waals surface area contributed by atoms with Crippen LogP contribution in [0.25, 0.3) is 5.57 Å². The molecule has 0 aliphatic carbocycles. The van der Waals surface area contributed by atoms with Crippen molar-refractivity contribution in [2.75, 3.05) is 0 Å². The number of carbonyl (C=O) groups excluding carboxylic acids is 1. The van der Waals surface area contributed by atoms with Gasteiger partial charge >= 0.3 is 0 Å². The number of nitrogens with one attached hydrogen (secondary N) is 1. The molecule has 146 valence electrons. The minimum Gasteiger partial charge on any atom is -0.501 e.